The quantitative estimate of drug-likeness (QED) is 0.305. The molecular weight excluding hydrogens is 422 g/mol. The number of carbonyl (C=O) groups is 3. The van der Waals surface area contributed by atoms with E-state index in [4.69, 9.17) is 11.6 Å². The van der Waals surface area contributed by atoms with Crippen LogP contribution >= 0.6 is 11.6 Å². The fraction of sp³-hybridized carbons (Fsp3) is 0.227. The Balaban J connectivity index is 1.72. The van der Waals surface area contributed by atoms with Crippen LogP contribution in [0.1, 0.15) is 28.8 Å². The number of hydrogen-bond acceptors (Lipinski definition) is 5. The third-order valence-corrected chi connectivity index (χ3v) is 5.93. The SMILES string of the molecule is O=C(c1ccc([N+](=O)[O-])cc1)N(Cc1ccccc1Cl)N1C(=O)[C@@H]2CC=CC[C@H]2C1=O. The van der Waals surface area contributed by atoms with Crippen molar-refractivity contribution >= 4 is 35.0 Å². The van der Waals surface area contributed by atoms with Crippen LogP contribution in [-0.2, 0) is 16.1 Å². The molecule has 0 spiro atoms. The number of carbonyl (C=O) groups excluding carboxylic acids is 3. The van der Waals surface area contributed by atoms with E-state index in [9.17, 15) is 24.5 Å². The molecule has 0 N–H and O–H groups in total. The van der Waals surface area contributed by atoms with Gasteiger partial charge in [-0.2, -0.15) is 5.01 Å². The van der Waals surface area contributed by atoms with Crippen LogP contribution in [0, 0.1) is 22.0 Å². The highest BCUT2D eigenvalue weighted by Gasteiger charge is 2.50. The molecule has 4 rings (SSSR count). The molecule has 2 aromatic carbocycles. The van der Waals surface area contributed by atoms with Gasteiger partial charge >= 0.3 is 0 Å². The number of allylic oxidation sites excluding steroid dienone is 2. The first-order chi connectivity index (χ1) is 14.9. The molecular formula is C22H18ClN3O5. The lowest BCUT2D eigenvalue weighted by Gasteiger charge is -2.31. The maximum atomic E-state index is 13.4. The number of halogens is 1. The molecule has 0 radical (unpaired) electrons. The van der Waals surface area contributed by atoms with Gasteiger partial charge in [-0.1, -0.05) is 42.0 Å². The molecule has 2 aliphatic rings. The molecule has 1 heterocycles. The van der Waals surface area contributed by atoms with Crippen LogP contribution < -0.4 is 0 Å². The normalized spacial score (nSPS) is 20.0. The fourth-order valence-electron chi connectivity index (χ4n) is 3.92. The third-order valence-electron chi connectivity index (χ3n) is 5.56. The number of benzene rings is 2. The first-order valence-electron chi connectivity index (χ1n) is 9.71. The minimum absolute atomic E-state index is 0.0974. The van der Waals surface area contributed by atoms with Gasteiger partial charge in [0.2, 0.25) is 0 Å². The molecule has 0 bridgehead atoms. The van der Waals surface area contributed by atoms with Gasteiger partial charge in [-0.05, 0) is 36.6 Å². The lowest BCUT2D eigenvalue weighted by Crippen LogP contribution is -2.49. The van der Waals surface area contributed by atoms with Gasteiger partial charge in [-0.15, -0.1) is 0 Å². The first kappa shape index (κ1) is 20.7. The number of non-ortho nitro benzene ring substituents is 1. The lowest BCUT2D eigenvalue weighted by molar-refractivity contribution is -0.384. The molecule has 158 valence electrons. The largest absolute Gasteiger partial charge is 0.273 e. The maximum absolute atomic E-state index is 13.4. The van der Waals surface area contributed by atoms with Gasteiger partial charge in [-0.25, -0.2) is 5.01 Å². The molecule has 0 unspecified atom stereocenters. The zero-order chi connectivity index (χ0) is 22.1. The molecule has 1 aliphatic carbocycles. The van der Waals surface area contributed by atoms with E-state index in [1.165, 1.54) is 24.3 Å². The molecule has 0 aromatic heterocycles. The van der Waals surface area contributed by atoms with Crippen LogP contribution in [0.2, 0.25) is 5.02 Å². The number of fused-ring (bicyclic) bond motifs is 1. The van der Waals surface area contributed by atoms with Gasteiger partial charge in [0, 0.05) is 22.7 Å². The summed E-state index contributed by atoms with van der Waals surface area (Å²) in [6.45, 7) is -0.0974. The molecule has 31 heavy (non-hydrogen) atoms. The molecule has 1 aliphatic heterocycles. The van der Waals surface area contributed by atoms with Crippen LogP contribution in [0.3, 0.4) is 0 Å². The van der Waals surface area contributed by atoms with Gasteiger partial charge in [0.15, 0.2) is 0 Å². The number of nitro groups is 1. The number of rotatable bonds is 5. The van der Waals surface area contributed by atoms with Crippen LogP contribution in [0.15, 0.2) is 60.7 Å². The molecule has 3 amide bonds. The van der Waals surface area contributed by atoms with Crippen LogP contribution in [0.4, 0.5) is 5.69 Å². The van der Waals surface area contributed by atoms with Crippen molar-refractivity contribution in [1.82, 2.24) is 10.0 Å². The van der Waals surface area contributed by atoms with E-state index in [1.807, 2.05) is 12.2 Å². The topological polar surface area (TPSA) is 101 Å². The van der Waals surface area contributed by atoms with E-state index in [1.54, 1.807) is 24.3 Å². The number of hydrogen-bond donors (Lipinski definition) is 0. The highest BCUT2D eigenvalue weighted by molar-refractivity contribution is 6.31. The number of amides is 3. The Labute approximate surface area is 182 Å². The van der Waals surface area contributed by atoms with Gasteiger partial charge in [0.1, 0.15) is 0 Å². The molecule has 1 fully saturated rings. The van der Waals surface area contributed by atoms with Crippen molar-refractivity contribution in [2.75, 3.05) is 0 Å². The van der Waals surface area contributed by atoms with Crippen LogP contribution in [0.25, 0.3) is 0 Å². The Morgan fingerprint density at radius 3 is 2.16 bits per heavy atom. The lowest BCUT2D eigenvalue weighted by atomic mass is 9.85. The van der Waals surface area contributed by atoms with Crippen LogP contribution in [-0.4, -0.2) is 32.7 Å². The Hall–Kier alpha value is -3.52. The number of imide groups is 1. The predicted octanol–water partition coefficient (Wildman–Crippen LogP) is 3.76. The van der Waals surface area contributed by atoms with E-state index in [-0.39, 0.29) is 17.8 Å². The number of nitro benzene ring substituents is 1. The van der Waals surface area contributed by atoms with E-state index < -0.39 is 34.5 Å². The minimum atomic E-state index is -0.622. The van der Waals surface area contributed by atoms with Crippen LogP contribution in [0.5, 0.6) is 0 Å². The van der Waals surface area contributed by atoms with Crippen molar-refractivity contribution in [1.29, 1.82) is 0 Å². The molecule has 0 saturated carbocycles. The Bertz CT molecular complexity index is 1070. The second-order valence-corrected chi connectivity index (χ2v) is 7.81. The smallest absolute Gasteiger partial charge is 0.272 e. The zero-order valence-electron chi connectivity index (χ0n) is 16.3. The van der Waals surface area contributed by atoms with Gasteiger partial charge in [0.05, 0.1) is 23.3 Å². The summed E-state index contributed by atoms with van der Waals surface area (Å²) < 4.78 is 0. The molecule has 2 aromatic rings. The molecule has 9 heteroatoms. The van der Waals surface area contributed by atoms with Crippen molar-refractivity contribution < 1.29 is 19.3 Å². The second-order valence-electron chi connectivity index (χ2n) is 7.40. The Morgan fingerprint density at radius 1 is 1.03 bits per heavy atom. The standard InChI is InChI=1S/C22H18ClN3O5/c23-19-8-4-1-5-15(19)13-24(20(27)14-9-11-16(12-10-14)26(30)31)25-21(28)17-6-2-3-7-18(17)22(25)29/h1-5,8-12,17-18H,6-7,13H2/t17-,18-/m1/s1. The summed E-state index contributed by atoms with van der Waals surface area (Å²) in [4.78, 5) is 49.9. The zero-order valence-corrected chi connectivity index (χ0v) is 17.1. The first-order valence-corrected chi connectivity index (χ1v) is 10.1. The van der Waals surface area contributed by atoms with E-state index in [0.717, 1.165) is 10.0 Å². The average molecular weight is 440 g/mol. The Kier molecular flexibility index (Phi) is 5.56. The average Bonchev–Trinajstić information content (AvgIpc) is 3.03. The summed E-state index contributed by atoms with van der Waals surface area (Å²) >= 11 is 6.26. The van der Waals surface area contributed by atoms with Crippen molar-refractivity contribution in [3.05, 3.63) is 86.9 Å². The summed E-state index contributed by atoms with van der Waals surface area (Å²) in [7, 11) is 0. The van der Waals surface area contributed by atoms with Crippen molar-refractivity contribution in [2.45, 2.75) is 19.4 Å². The van der Waals surface area contributed by atoms with Gasteiger partial charge < -0.3 is 0 Å². The highest BCUT2D eigenvalue weighted by atomic mass is 35.5. The fourth-order valence-corrected chi connectivity index (χ4v) is 4.11. The molecule has 2 atom stereocenters. The molecule has 1 saturated heterocycles. The third kappa shape index (κ3) is 3.82. The summed E-state index contributed by atoms with van der Waals surface area (Å²) in [5, 5.41) is 13.3. The van der Waals surface area contributed by atoms with Crippen molar-refractivity contribution in [2.24, 2.45) is 11.8 Å². The highest BCUT2D eigenvalue weighted by Crippen LogP contribution is 2.37. The van der Waals surface area contributed by atoms with Crippen molar-refractivity contribution in [3.8, 4) is 0 Å². The summed E-state index contributed by atoms with van der Waals surface area (Å²) in [5.41, 5.74) is 0.513. The number of nitrogens with zero attached hydrogens (tertiary/aromatic N) is 3. The van der Waals surface area contributed by atoms with E-state index in [2.05, 4.69) is 0 Å². The number of hydrazine groups is 1. The van der Waals surface area contributed by atoms with E-state index >= 15 is 0 Å². The Morgan fingerprint density at radius 2 is 1.61 bits per heavy atom. The van der Waals surface area contributed by atoms with Gasteiger partial charge in [-0.3, -0.25) is 24.5 Å². The van der Waals surface area contributed by atoms with E-state index in [0.29, 0.717) is 23.4 Å². The summed E-state index contributed by atoms with van der Waals surface area (Å²) in [6.07, 6.45) is 4.62. The van der Waals surface area contributed by atoms with Crippen molar-refractivity contribution in [3.63, 3.8) is 0 Å². The predicted molar refractivity (Wildman–Crippen MR) is 112 cm³/mol. The maximum Gasteiger partial charge on any atom is 0.273 e. The summed E-state index contributed by atoms with van der Waals surface area (Å²) in [5.74, 6) is -2.49. The van der Waals surface area contributed by atoms with Gasteiger partial charge in [0.25, 0.3) is 23.4 Å². The monoisotopic (exact) mass is 439 g/mol. The summed E-state index contributed by atoms with van der Waals surface area (Å²) in [6, 6.07) is 11.9. The molecule has 8 nitrogen and oxygen atoms in total. The minimum Gasteiger partial charge on any atom is -0.272 e. The second kappa shape index (κ2) is 8.31.